The van der Waals surface area contributed by atoms with Gasteiger partial charge in [0.25, 0.3) is 10.1 Å². The number of imide groups is 1. The Bertz CT molecular complexity index is 1050. The Morgan fingerprint density at radius 3 is 2.45 bits per heavy atom. The van der Waals surface area contributed by atoms with E-state index in [1.165, 1.54) is 17.0 Å². The van der Waals surface area contributed by atoms with Crippen LogP contribution in [0.25, 0.3) is 0 Å². The highest BCUT2D eigenvalue weighted by atomic mass is 32.2. The number of hydrogen-bond acceptors (Lipinski definition) is 6. The third kappa shape index (κ3) is 4.97. The number of carbonyl (C=O) groups excluding carboxylic acids is 2. The summed E-state index contributed by atoms with van der Waals surface area (Å²) >= 11 is 0. The molecule has 8 heteroatoms. The Labute approximate surface area is 182 Å². The highest BCUT2D eigenvalue weighted by Gasteiger charge is 2.41. The molecule has 4 rings (SSSR count). The molecule has 0 aromatic heterocycles. The first-order valence-corrected chi connectivity index (χ1v) is 11.8. The fraction of sp³-hybridized carbons (Fsp3) is 0.391. The van der Waals surface area contributed by atoms with Crippen molar-refractivity contribution in [3.8, 4) is 0 Å². The van der Waals surface area contributed by atoms with Crippen molar-refractivity contribution in [2.45, 2.75) is 49.6 Å². The van der Waals surface area contributed by atoms with Crippen LogP contribution in [0.5, 0.6) is 0 Å². The van der Waals surface area contributed by atoms with Gasteiger partial charge in [-0.1, -0.05) is 48.0 Å². The van der Waals surface area contributed by atoms with Crippen molar-refractivity contribution in [1.82, 2.24) is 4.90 Å². The molecule has 1 heterocycles. The molecule has 1 aliphatic carbocycles. The van der Waals surface area contributed by atoms with Gasteiger partial charge in [0.05, 0.1) is 17.0 Å². The molecular formula is C23H25NO6S. The molecule has 2 fully saturated rings. The average molecular weight is 444 g/mol. The van der Waals surface area contributed by atoms with Gasteiger partial charge in [-0.3, -0.25) is 8.98 Å². The first-order chi connectivity index (χ1) is 14.8. The fourth-order valence-corrected chi connectivity index (χ4v) is 5.10. The Morgan fingerprint density at radius 1 is 1.10 bits per heavy atom. The van der Waals surface area contributed by atoms with Crippen molar-refractivity contribution in [1.29, 1.82) is 0 Å². The summed E-state index contributed by atoms with van der Waals surface area (Å²) in [5.74, 6) is -0.301. The molecule has 0 radical (unpaired) electrons. The Kier molecular flexibility index (Phi) is 6.11. The van der Waals surface area contributed by atoms with E-state index in [-0.39, 0.29) is 35.8 Å². The van der Waals surface area contributed by atoms with Crippen molar-refractivity contribution in [2.75, 3.05) is 6.61 Å². The summed E-state index contributed by atoms with van der Waals surface area (Å²) in [5, 5.41) is 0. The lowest BCUT2D eigenvalue weighted by atomic mass is 9.80. The standard InChI is InChI=1S/C23H25NO6S/c1-16-7-9-21(10-8-16)31(27,28)30-20-12-18(13-20)14-22(25)24-19(15-29-23(24)26)11-17-5-3-2-4-6-17/h2-10,18-20H,11-15H2,1H3/t18?,19-,20?/m0/s1. The van der Waals surface area contributed by atoms with Crippen LogP contribution in [0, 0.1) is 12.8 Å². The average Bonchev–Trinajstić information content (AvgIpc) is 3.07. The maximum absolute atomic E-state index is 12.8. The molecular weight excluding hydrogens is 418 g/mol. The number of nitrogens with zero attached hydrogens (tertiary/aromatic N) is 1. The minimum Gasteiger partial charge on any atom is -0.447 e. The third-order valence-corrected chi connectivity index (χ3v) is 7.15. The van der Waals surface area contributed by atoms with Gasteiger partial charge >= 0.3 is 6.09 Å². The summed E-state index contributed by atoms with van der Waals surface area (Å²) < 4.78 is 35.2. The van der Waals surface area contributed by atoms with Gasteiger partial charge < -0.3 is 4.74 Å². The molecule has 1 saturated carbocycles. The van der Waals surface area contributed by atoms with Crippen LogP contribution in [0.3, 0.4) is 0 Å². The topological polar surface area (TPSA) is 90.0 Å². The molecule has 1 saturated heterocycles. The number of cyclic esters (lactones) is 1. The van der Waals surface area contributed by atoms with Crippen molar-refractivity contribution in [3.05, 3.63) is 65.7 Å². The molecule has 0 bridgehead atoms. The van der Waals surface area contributed by atoms with E-state index in [9.17, 15) is 18.0 Å². The smallest absolute Gasteiger partial charge is 0.416 e. The third-order valence-electron chi connectivity index (χ3n) is 5.77. The number of rotatable bonds is 7. The summed E-state index contributed by atoms with van der Waals surface area (Å²) in [4.78, 5) is 26.2. The number of aryl methyl sites for hydroxylation is 1. The van der Waals surface area contributed by atoms with Crippen LogP contribution in [0.1, 0.15) is 30.4 Å². The number of amides is 2. The molecule has 0 N–H and O–H groups in total. The van der Waals surface area contributed by atoms with Crippen LogP contribution in [0.15, 0.2) is 59.5 Å². The maximum atomic E-state index is 12.8. The highest BCUT2D eigenvalue weighted by molar-refractivity contribution is 7.86. The summed E-state index contributed by atoms with van der Waals surface area (Å²) in [5.41, 5.74) is 1.99. The van der Waals surface area contributed by atoms with Gasteiger partial charge in [-0.2, -0.15) is 8.42 Å². The Balaban J connectivity index is 1.30. The molecule has 0 spiro atoms. The molecule has 2 aromatic rings. The van der Waals surface area contributed by atoms with Gasteiger partial charge in [-0.15, -0.1) is 0 Å². The van der Waals surface area contributed by atoms with E-state index in [1.807, 2.05) is 37.3 Å². The van der Waals surface area contributed by atoms with Crippen molar-refractivity contribution >= 4 is 22.1 Å². The lowest BCUT2D eigenvalue weighted by Crippen LogP contribution is -2.43. The first kappa shape index (κ1) is 21.5. The number of hydrogen-bond donors (Lipinski definition) is 0. The SMILES string of the molecule is Cc1ccc(S(=O)(=O)OC2CC(CC(=O)N3C(=O)OC[C@@H]3Cc3ccccc3)C2)cc1. The molecule has 7 nitrogen and oxygen atoms in total. The van der Waals surface area contributed by atoms with Gasteiger partial charge in [-0.25, -0.2) is 9.69 Å². The molecule has 1 aliphatic heterocycles. The van der Waals surface area contributed by atoms with Crippen molar-refractivity contribution < 1.29 is 26.9 Å². The van der Waals surface area contributed by atoms with Crippen LogP contribution in [-0.2, 0) is 30.3 Å². The molecule has 2 amide bonds. The zero-order valence-corrected chi connectivity index (χ0v) is 18.1. The first-order valence-electron chi connectivity index (χ1n) is 10.3. The lowest BCUT2D eigenvalue weighted by Gasteiger charge is -2.34. The van der Waals surface area contributed by atoms with E-state index in [0.717, 1.165) is 11.1 Å². The molecule has 31 heavy (non-hydrogen) atoms. The predicted molar refractivity (Wildman–Crippen MR) is 113 cm³/mol. The largest absolute Gasteiger partial charge is 0.447 e. The van der Waals surface area contributed by atoms with E-state index in [1.54, 1.807) is 12.1 Å². The highest BCUT2D eigenvalue weighted by Crippen LogP contribution is 2.36. The molecule has 164 valence electrons. The van der Waals surface area contributed by atoms with Crippen LogP contribution in [0.4, 0.5) is 4.79 Å². The second-order valence-electron chi connectivity index (χ2n) is 8.21. The van der Waals surface area contributed by atoms with Gasteiger partial charge in [0.2, 0.25) is 5.91 Å². The van der Waals surface area contributed by atoms with E-state index >= 15 is 0 Å². The molecule has 2 aromatic carbocycles. The number of benzene rings is 2. The Morgan fingerprint density at radius 2 is 1.77 bits per heavy atom. The van der Waals surface area contributed by atoms with Gasteiger partial charge in [0.15, 0.2) is 0 Å². The van der Waals surface area contributed by atoms with Crippen molar-refractivity contribution in [3.63, 3.8) is 0 Å². The molecule has 1 atom stereocenters. The maximum Gasteiger partial charge on any atom is 0.416 e. The second kappa shape index (κ2) is 8.80. The Hall–Kier alpha value is -2.71. The van der Waals surface area contributed by atoms with E-state index in [0.29, 0.717) is 19.3 Å². The van der Waals surface area contributed by atoms with Gasteiger partial charge in [0.1, 0.15) is 6.61 Å². The summed E-state index contributed by atoms with van der Waals surface area (Å²) in [6.07, 6.45) is 0.579. The minimum atomic E-state index is -3.83. The van der Waals surface area contributed by atoms with Crippen LogP contribution in [-0.4, -0.2) is 44.1 Å². The normalized spacial score (nSPS) is 23.3. The predicted octanol–water partition coefficient (Wildman–Crippen LogP) is 3.46. The quantitative estimate of drug-likeness (QED) is 0.609. The number of ether oxygens (including phenoxy) is 1. The van der Waals surface area contributed by atoms with Crippen LogP contribution >= 0.6 is 0 Å². The molecule has 2 aliphatic rings. The van der Waals surface area contributed by atoms with Gasteiger partial charge in [0, 0.05) is 6.42 Å². The second-order valence-corrected chi connectivity index (χ2v) is 9.78. The van der Waals surface area contributed by atoms with E-state index < -0.39 is 22.3 Å². The minimum absolute atomic E-state index is 0.0171. The van der Waals surface area contributed by atoms with E-state index in [4.69, 9.17) is 8.92 Å². The van der Waals surface area contributed by atoms with E-state index in [2.05, 4.69) is 0 Å². The number of carbonyl (C=O) groups is 2. The molecule has 0 unspecified atom stereocenters. The summed E-state index contributed by atoms with van der Waals surface area (Å²) in [6, 6.07) is 15.8. The van der Waals surface area contributed by atoms with Crippen LogP contribution in [0.2, 0.25) is 0 Å². The summed E-state index contributed by atoms with van der Waals surface area (Å²) in [7, 11) is -3.83. The zero-order chi connectivity index (χ0) is 22.0. The monoisotopic (exact) mass is 443 g/mol. The zero-order valence-electron chi connectivity index (χ0n) is 17.3. The van der Waals surface area contributed by atoms with Crippen LogP contribution < -0.4 is 0 Å². The summed E-state index contributed by atoms with van der Waals surface area (Å²) in [6.45, 7) is 2.07. The lowest BCUT2D eigenvalue weighted by molar-refractivity contribution is -0.131. The van der Waals surface area contributed by atoms with Crippen molar-refractivity contribution in [2.24, 2.45) is 5.92 Å². The fourth-order valence-electron chi connectivity index (χ4n) is 4.01. The van der Waals surface area contributed by atoms with Gasteiger partial charge in [-0.05, 0) is 49.8 Å².